The van der Waals surface area contributed by atoms with Gasteiger partial charge in [-0.05, 0) is 23.3 Å². The summed E-state index contributed by atoms with van der Waals surface area (Å²) in [5, 5.41) is 0. The first-order valence-electron chi connectivity index (χ1n) is 4.59. The number of ether oxygens (including phenoxy) is 1. The number of hydrogen-bond acceptors (Lipinski definition) is 1. The van der Waals surface area contributed by atoms with Crippen LogP contribution in [0.5, 0.6) is 5.75 Å². The van der Waals surface area contributed by atoms with Crippen LogP contribution in [0.2, 0.25) is 0 Å². The summed E-state index contributed by atoms with van der Waals surface area (Å²) < 4.78 is 5.18. The largest absolute Gasteiger partial charge is 0.497 e. The first kappa shape index (κ1) is 15.0. The molecule has 1 atom stereocenters. The Balaban J connectivity index is 0.00000112. The van der Waals surface area contributed by atoms with E-state index >= 15 is 0 Å². The average molecular weight is 255 g/mol. The van der Waals surface area contributed by atoms with Crippen LogP contribution in [0.15, 0.2) is 54.6 Å². The van der Waals surface area contributed by atoms with Crippen molar-refractivity contribution in [2.75, 3.05) is 7.11 Å². The zero-order valence-corrected chi connectivity index (χ0v) is 11.5. The van der Waals surface area contributed by atoms with E-state index in [9.17, 15) is 0 Å². The molecule has 0 heterocycles. The average Bonchev–Trinajstić information content (AvgIpc) is 2.30. The second-order valence-corrected chi connectivity index (χ2v) is 3.10. The molecule has 0 aliphatic carbocycles. The highest BCUT2D eigenvalue weighted by Crippen LogP contribution is 2.22. The van der Waals surface area contributed by atoms with Crippen molar-refractivity contribution < 1.29 is 4.74 Å². The summed E-state index contributed by atoms with van der Waals surface area (Å²) in [6.45, 7) is 0. The van der Waals surface area contributed by atoms with Crippen LogP contribution < -0.4 is 4.74 Å². The van der Waals surface area contributed by atoms with E-state index < -0.39 is 0 Å². The Bertz CT molecular complexity index is 417. The lowest BCUT2D eigenvalue weighted by molar-refractivity contribution is 0.415. The number of rotatable bonds is 2. The molecule has 2 aromatic rings. The van der Waals surface area contributed by atoms with E-state index in [1.807, 2.05) is 36.4 Å². The molecular formula is C13H16ClOP. The second-order valence-electron chi connectivity index (χ2n) is 3.10. The van der Waals surface area contributed by atoms with Crippen LogP contribution in [0.1, 0.15) is 0 Å². The topological polar surface area (TPSA) is 9.23 Å². The minimum absolute atomic E-state index is 0. The molecule has 0 N–H and O–H groups in total. The van der Waals surface area contributed by atoms with Gasteiger partial charge in [0.25, 0.3) is 0 Å². The molecule has 0 aliphatic rings. The summed E-state index contributed by atoms with van der Waals surface area (Å²) in [7, 11) is 1.68. The SMILES string of the molecule is COc1cccc(-c2ccccc2)c1.Cl.P. The fourth-order valence-corrected chi connectivity index (χ4v) is 1.43. The van der Waals surface area contributed by atoms with Gasteiger partial charge in [0.1, 0.15) is 5.75 Å². The van der Waals surface area contributed by atoms with Gasteiger partial charge in [-0.1, -0.05) is 42.5 Å². The molecule has 3 heteroatoms. The van der Waals surface area contributed by atoms with E-state index in [0.717, 1.165) is 5.75 Å². The third kappa shape index (κ3) is 3.52. The summed E-state index contributed by atoms with van der Waals surface area (Å²) in [6.07, 6.45) is 0. The van der Waals surface area contributed by atoms with Crippen molar-refractivity contribution in [3.63, 3.8) is 0 Å². The quantitative estimate of drug-likeness (QED) is 0.740. The fraction of sp³-hybridized carbons (Fsp3) is 0.0769. The van der Waals surface area contributed by atoms with Gasteiger partial charge in [-0.25, -0.2) is 0 Å². The van der Waals surface area contributed by atoms with Crippen LogP contribution in [0.25, 0.3) is 11.1 Å². The zero-order valence-electron chi connectivity index (χ0n) is 9.22. The van der Waals surface area contributed by atoms with E-state index in [1.54, 1.807) is 7.11 Å². The maximum absolute atomic E-state index is 5.18. The van der Waals surface area contributed by atoms with Crippen molar-refractivity contribution in [3.8, 4) is 16.9 Å². The molecule has 0 aromatic heterocycles. The molecule has 0 saturated carbocycles. The Morgan fingerprint density at radius 2 is 1.44 bits per heavy atom. The Hall–Kier alpha value is -1.04. The molecule has 0 radical (unpaired) electrons. The van der Waals surface area contributed by atoms with E-state index in [1.165, 1.54) is 11.1 Å². The van der Waals surface area contributed by atoms with Crippen LogP contribution >= 0.6 is 22.3 Å². The van der Waals surface area contributed by atoms with Crippen molar-refractivity contribution in [1.29, 1.82) is 0 Å². The Morgan fingerprint density at radius 3 is 2.06 bits per heavy atom. The van der Waals surface area contributed by atoms with Crippen LogP contribution in [0.4, 0.5) is 0 Å². The van der Waals surface area contributed by atoms with E-state index in [4.69, 9.17) is 4.74 Å². The van der Waals surface area contributed by atoms with Crippen molar-refractivity contribution in [2.45, 2.75) is 0 Å². The lowest BCUT2D eigenvalue weighted by atomic mass is 10.1. The smallest absolute Gasteiger partial charge is 0.119 e. The Kier molecular flexibility index (Phi) is 6.80. The molecule has 2 rings (SSSR count). The monoisotopic (exact) mass is 254 g/mol. The van der Waals surface area contributed by atoms with Crippen molar-refractivity contribution >= 4 is 22.3 Å². The van der Waals surface area contributed by atoms with Gasteiger partial charge in [0, 0.05) is 0 Å². The molecule has 0 saturated heterocycles. The predicted molar refractivity (Wildman–Crippen MR) is 76.8 cm³/mol. The fourth-order valence-electron chi connectivity index (χ4n) is 1.43. The predicted octanol–water partition coefficient (Wildman–Crippen LogP) is 3.84. The molecule has 0 spiro atoms. The molecule has 16 heavy (non-hydrogen) atoms. The van der Waals surface area contributed by atoms with Gasteiger partial charge < -0.3 is 4.74 Å². The Morgan fingerprint density at radius 1 is 0.812 bits per heavy atom. The van der Waals surface area contributed by atoms with E-state index in [-0.39, 0.29) is 22.3 Å². The maximum Gasteiger partial charge on any atom is 0.119 e. The molecule has 2 aromatic carbocycles. The van der Waals surface area contributed by atoms with Crippen molar-refractivity contribution in [3.05, 3.63) is 54.6 Å². The van der Waals surface area contributed by atoms with Gasteiger partial charge in [-0.15, -0.1) is 12.4 Å². The van der Waals surface area contributed by atoms with E-state index in [2.05, 4.69) is 18.2 Å². The summed E-state index contributed by atoms with van der Waals surface area (Å²) >= 11 is 0. The third-order valence-corrected chi connectivity index (χ3v) is 2.18. The summed E-state index contributed by atoms with van der Waals surface area (Å²) in [5.74, 6) is 0.895. The van der Waals surface area contributed by atoms with Gasteiger partial charge in [0.15, 0.2) is 0 Å². The van der Waals surface area contributed by atoms with Crippen LogP contribution in [0.3, 0.4) is 0 Å². The zero-order chi connectivity index (χ0) is 9.80. The molecule has 1 unspecified atom stereocenters. The number of halogens is 1. The van der Waals surface area contributed by atoms with E-state index in [0.29, 0.717) is 0 Å². The lowest BCUT2D eigenvalue weighted by Gasteiger charge is -2.03. The lowest BCUT2D eigenvalue weighted by Crippen LogP contribution is -1.83. The number of methoxy groups -OCH3 is 1. The summed E-state index contributed by atoms with van der Waals surface area (Å²) in [6, 6.07) is 18.3. The van der Waals surface area contributed by atoms with Crippen molar-refractivity contribution in [2.24, 2.45) is 0 Å². The molecule has 0 amide bonds. The molecule has 0 aliphatic heterocycles. The van der Waals surface area contributed by atoms with Gasteiger partial charge in [-0.2, -0.15) is 9.90 Å². The van der Waals surface area contributed by atoms with Gasteiger partial charge in [0.2, 0.25) is 0 Å². The maximum atomic E-state index is 5.18. The molecular weight excluding hydrogens is 239 g/mol. The highest BCUT2D eigenvalue weighted by Gasteiger charge is 1.97. The van der Waals surface area contributed by atoms with Crippen LogP contribution in [0, 0.1) is 0 Å². The standard InChI is InChI=1S/C13H12O.ClH.H3P/c1-14-13-9-5-8-12(10-13)11-6-3-2-4-7-11;;/h2-10H,1H3;1H;1H3. The molecule has 0 bridgehead atoms. The highest BCUT2D eigenvalue weighted by atomic mass is 35.5. The second kappa shape index (κ2) is 7.27. The minimum Gasteiger partial charge on any atom is -0.497 e. The van der Waals surface area contributed by atoms with Crippen LogP contribution in [-0.4, -0.2) is 7.11 Å². The number of benzene rings is 2. The van der Waals surface area contributed by atoms with Gasteiger partial charge in [-0.3, -0.25) is 0 Å². The molecule has 86 valence electrons. The highest BCUT2D eigenvalue weighted by molar-refractivity contribution is 6.92. The summed E-state index contributed by atoms with van der Waals surface area (Å²) in [5.41, 5.74) is 2.40. The first-order chi connectivity index (χ1) is 6.90. The first-order valence-corrected chi connectivity index (χ1v) is 4.59. The van der Waals surface area contributed by atoms with Crippen molar-refractivity contribution in [1.82, 2.24) is 0 Å². The normalized spacial score (nSPS) is 8.56. The summed E-state index contributed by atoms with van der Waals surface area (Å²) in [4.78, 5) is 0. The van der Waals surface area contributed by atoms with Gasteiger partial charge in [0.05, 0.1) is 7.11 Å². The Labute approximate surface area is 106 Å². The third-order valence-electron chi connectivity index (χ3n) is 2.18. The molecule has 0 fully saturated rings. The number of hydrogen-bond donors (Lipinski definition) is 0. The molecule has 1 nitrogen and oxygen atoms in total. The minimum atomic E-state index is 0. The van der Waals surface area contributed by atoms with Crippen LogP contribution in [-0.2, 0) is 0 Å². The van der Waals surface area contributed by atoms with Gasteiger partial charge >= 0.3 is 0 Å².